The molecule has 0 aliphatic rings. The van der Waals surface area contributed by atoms with Gasteiger partial charge in [-0.1, -0.05) is 35.0 Å². The second kappa shape index (κ2) is 6.41. The highest BCUT2D eigenvalue weighted by molar-refractivity contribution is 9.10. The van der Waals surface area contributed by atoms with Crippen LogP contribution in [0, 0.1) is 6.92 Å². The van der Waals surface area contributed by atoms with E-state index >= 15 is 0 Å². The standard InChI is InChI=1S/C13H16BrN3S/c1-3-12(10-4-6-11(14)7-5-10)15-8-13-17-16-9(2)18-13/h4-7,12,15H,3,8H2,1-2H3/t12-/m0/s1. The lowest BCUT2D eigenvalue weighted by Gasteiger charge is -2.16. The Morgan fingerprint density at radius 2 is 2.00 bits per heavy atom. The topological polar surface area (TPSA) is 37.8 Å². The molecule has 0 radical (unpaired) electrons. The van der Waals surface area contributed by atoms with Crippen LogP contribution in [-0.4, -0.2) is 10.2 Å². The molecule has 0 amide bonds. The second-order valence-electron chi connectivity index (χ2n) is 4.11. The van der Waals surface area contributed by atoms with Gasteiger partial charge in [-0.3, -0.25) is 0 Å². The van der Waals surface area contributed by atoms with Crippen LogP contribution in [0.3, 0.4) is 0 Å². The normalized spacial score (nSPS) is 12.6. The molecule has 2 aromatic rings. The average Bonchev–Trinajstić information content (AvgIpc) is 2.78. The summed E-state index contributed by atoms with van der Waals surface area (Å²) in [6, 6.07) is 8.82. The molecular weight excluding hydrogens is 310 g/mol. The number of hydrogen-bond donors (Lipinski definition) is 1. The van der Waals surface area contributed by atoms with Crippen molar-refractivity contribution >= 4 is 27.3 Å². The number of rotatable bonds is 5. The van der Waals surface area contributed by atoms with E-state index in [4.69, 9.17) is 0 Å². The zero-order valence-corrected chi connectivity index (χ0v) is 12.9. The van der Waals surface area contributed by atoms with Gasteiger partial charge in [0.15, 0.2) is 0 Å². The molecular formula is C13H16BrN3S. The van der Waals surface area contributed by atoms with Crippen molar-refractivity contribution in [2.75, 3.05) is 0 Å². The minimum absolute atomic E-state index is 0.363. The van der Waals surface area contributed by atoms with Gasteiger partial charge >= 0.3 is 0 Å². The monoisotopic (exact) mass is 325 g/mol. The lowest BCUT2D eigenvalue weighted by atomic mass is 10.1. The van der Waals surface area contributed by atoms with Gasteiger partial charge in [0, 0.05) is 10.5 Å². The highest BCUT2D eigenvalue weighted by Crippen LogP contribution is 2.20. The van der Waals surface area contributed by atoms with Crippen molar-refractivity contribution in [1.82, 2.24) is 15.5 Å². The average molecular weight is 326 g/mol. The quantitative estimate of drug-likeness (QED) is 0.907. The summed E-state index contributed by atoms with van der Waals surface area (Å²) in [5, 5.41) is 13.7. The summed E-state index contributed by atoms with van der Waals surface area (Å²) in [5.74, 6) is 0. The SMILES string of the molecule is CC[C@H](NCc1nnc(C)s1)c1ccc(Br)cc1. The minimum Gasteiger partial charge on any atom is -0.304 e. The molecule has 0 unspecified atom stereocenters. The van der Waals surface area contributed by atoms with E-state index in [9.17, 15) is 0 Å². The number of aromatic nitrogens is 2. The molecule has 2 rings (SSSR count). The zero-order chi connectivity index (χ0) is 13.0. The molecule has 1 aromatic heterocycles. The zero-order valence-electron chi connectivity index (χ0n) is 10.5. The number of nitrogens with one attached hydrogen (secondary N) is 1. The van der Waals surface area contributed by atoms with Crippen LogP contribution in [0.5, 0.6) is 0 Å². The largest absolute Gasteiger partial charge is 0.304 e. The van der Waals surface area contributed by atoms with E-state index in [1.54, 1.807) is 11.3 Å². The fourth-order valence-electron chi connectivity index (χ4n) is 1.81. The van der Waals surface area contributed by atoms with Crippen LogP contribution < -0.4 is 5.32 Å². The van der Waals surface area contributed by atoms with Gasteiger partial charge in [0.25, 0.3) is 0 Å². The minimum atomic E-state index is 0.363. The molecule has 0 spiro atoms. The first-order valence-electron chi connectivity index (χ1n) is 5.97. The van der Waals surface area contributed by atoms with Gasteiger partial charge in [-0.05, 0) is 31.0 Å². The van der Waals surface area contributed by atoms with Crippen LogP contribution in [0.4, 0.5) is 0 Å². The maximum atomic E-state index is 4.13. The fourth-order valence-corrected chi connectivity index (χ4v) is 2.74. The third kappa shape index (κ3) is 3.60. The van der Waals surface area contributed by atoms with Crippen LogP contribution in [-0.2, 0) is 6.54 Å². The van der Waals surface area contributed by atoms with Crippen LogP contribution in [0.25, 0.3) is 0 Å². The first kappa shape index (κ1) is 13.6. The van der Waals surface area contributed by atoms with E-state index in [1.807, 2.05) is 6.92 Å². The predicted octanol–water partition coefficient (Wildman–Crippen LogP) is 3.85. The summed E-state index contributed by atoms with van der Waals surface area (Å²) < 4.78 is 1.11. The molecule has 0 aliphatic heterocycles. The fraction of sp³-hybridized carbons (Fsp3) is 0.385. The molecule has 1 aromatic carbocycles. The Kier molecular flexibility index (Phi) is 4.86. The van der Waals surface area contributed by atoms with Crippen molar-refractivity contribution in [3.63, 3.8) is 0 Å². The Morgan fingerprint density at radius 3 is 2.56 bits per heavy atom. The van der Waals surface area contributed by atoms with Gasteiger partial charge in [-0.15, -0.1) is 21.5 Å². The smallest absolute Gasteiger partial charge is 0.131 e. The van der Waals surface area contributed by atoms with Crippen molar-refractivity contribution in [1.29, 1.82) is 0 Å². The maximum absolute atomic E-state index is 4.13. The summed E-state index contributed by atoms with van der Waals surface area (Å²) in [6.07, 6.45) is 1.05. The van der Waals surface area contributed by atoms with Gasteiger partial charge in [-0.25, -0.2) is 0 Å². The van der Waals surface area contributed by atoms with E-state index < -0.39 is 0 Å². The van der Waals surface area contributed by atoms with E-state index in [0.717, 1.165) is 27.5 Å². The van der Waals surface area contributed by atoms with Crippen molar-refractivity contribution in [2.24, 2.45) is 0 Å². The molecule has 1 heterocycles. The molecule has 0 fully saturated rings. The summed E-state index contributed by atoms with van der Waals surface area (Å²) in [5.41, 5.74) is 1.31. The highest BCUT2D eigenvalue weighted by Gasteiger charge is 2.09. The van der Waals surface area contributed by atoms with E-state index in [1.165, 1.54) is 5.56 Å². The summed E-state index contributed by atoms with van der Waals surface area (Å²) in [7, 11) is 0. The molecule has 96 valence electrons. The van der Waals surface area contributed by atoms with Gasteiger partial charge in [0.1, 0.15) is 10.0 Å². The van der Waals surface area contributed by atoms with Crippen LogP contribution in [0.2, 0.25) is 0 Å². The predicted molar refractivity (Wildman–Crippen MR) is 78.7 cm³/mol. The molecule has 0 bridgehead atoms. The van der Waals surface area contributed by atoms with Crippen molar-refractivity contribution in [3.8, 4) is 0 Å². The molecule has 3 nitrogen and oxygen atoms in total. The summed E-state index contributed by atoms with van der Waals surface area (Å²) in [6.45, 7) is 4.94. The lowest BCUT2D eigenvalue weighted by Crippen LogP contribution is -2.20. The first-order valence-corrected chi connectivity index (χ1v) is 7.58. The Hall–Kier alpha value is -0.780. The van der Waals surface area contributed by atoms with Gasteiger partial charge in [-0.2, -0.15) is 0 Å². The molecule has 5 heteroatoms. The Labute approximate surface area is 120 Å². The Balaban J connectivity index is 1.99. The number of hydrogen-bond acceptors (Lipinski definition) is 4. The van der Waals surface area contributed by atoms with Crippen molar-refractivity contribution in [2.45, 2.75) is 32.9 Å². The highest BCUT2D eigenvalue weighted by atomic mass is 79.9. The molecule has 0 aliphatic carbocycles. The lowest BCUT2D eigenvalue weighted by molar-refractivity contribution is 0.516. The molecule has 1 atom stereocenters. The molecule has 18 heavy (non-hydrogen) atoms. The number of nitrogens with zero attached hydrogens (tertiary/aromatic N) is 2. The van der Waals surface area contributed by atoms with E-state index in [2.05, 4.69) is 62.6 Å². The molecule has 0 saturated carbocycles. The maximum Gasteiger partial charge on any atom is 0.131 e. The Morgan fingerprint density at radius 1 is 1.28 bits per heavy atom. The van der Waals surface area contributed by atoms with Gasteiger partial charge in [0.2, 0.25) is 0 Å². The van der Waals surface area contributed by atoms with E-state index in [-0.39, 0.29) is 0 Å². The van der Waals surface area contributed by atoms with Crippen LogP contribution >= 0.6 is 27.3 Å². The molecule has 0 saturated heterocycles. The second-order valence-corrected chi connectivity index (χ2v) is 6.29. The van der Waals surface area contributed by atoms with Crippen molar-refractivity contribution in [3.05, 3.63) is 44.3 Å². The third-order valence-electron chi connectivity index (χ3n) is 2.75. The summed E-state index contributed by atoms with van der Waals surface area (Å²) >= 11 is 5.10. The number of aryl methyl sites for hydroxylation is 1. The van der Waals surface area contributed by atoms with E-state index in [0.29, 0.717) is 6.04 Å². The number of benzene rings is 1. The van der Waals surface area contributed by atoms with Crippen LogP contribution in [0.1, 0.15) is 35.0 Å². The van der Waals surface area contributed by atoms with Crippen LogP contribution in [0.15, 0.2) is 28.7 Å². The van der Waals surface area contributed by atoms with Gasteiger partial charge in [0.05, 0.1) is 6.54 Å². The Bertz CT molecular complexity index is 495. The molecule has 1 N–H and O–H groups in total. The van der Waals surface area contributed by atoms with Gasteiger partial charge < -0.3 is 5.32 Å². The summed E-state index contributed by atoms with van der Waals surface area (Å²) in [4.78, 5) is 0. The van der Waals surface area contributed by atoms with Crippen molar-refractivity contribution < 1.29 is 0 Å². The third-order valence-corrected chi connectivity index (χ3v) is 4.12. The first-order chi connectivity index (χ1) is 8.69. The number of halogens is 1.